The lowest BCUT2D eigenvalue weighted by Crippen LogP contribution is -1.98. The molecular formula is C13H17N3O. The summed E-state index contributed by atoms with van der Waals surface area (Å²) in [6, 6.07) is 7.85. The van der Waals surface area contributed by atoms with Crippen molar-refractivity contribution in [3.8, 4) is 5.75 Å². The molecule has 90 valence electrons. The summed E-state index contributed by atoms with van der Waals surface area (Å²) in [5.74, 6) is 1.72. The van der Waals surface area contributed by atoms with Crippen LogP contribution in [0.1, 0.15) is 12.6 Å². The highest BCUT2D eigenvalue weighted by Crippen LogP contribution is 2.19. The number of aryl methyl sites for hydroxylation is 2. The fourth-order valence-corrected chi connectivity index (χ4v) is 1.66. The summed E-state index contributed by atoms with van der Waals surface area (Å²) in [5, 5.41) is 3.26. The first-order valence-corrected chi connectivity index (χ1v) is 5.69. The van der Waals surface area contributed by atoms with Crippen molar-refractivity contribution < 1.29 is 4.74 Å². The van der Waals surface area contributed by atoms with E-state index in [-0.39, 0.29) is 0 Å². The Balaban J connectivity index is 2.11. The summed E-state index contributed by atoms with van der Waals surface area (Å²) in [4.78, 5) is 4.38. The molecule has 0 saturated carbocycles. The molecule has 0 aliphatic rings. The normalized spacial score (nSPS) is 10.3. The Morgan fingerprint density at radius 2 is 2.00 bits per heavy atom. The van der Waals surface area contributed by atoms with E-state index in [0.717, 1.165) is 23.1 Å². The Kier molecular flexibility index (Phi) is 3.32. The van der Waals surface area contributed by atoms with Gasteiger partial charge in [-0.3, -0.25) is 0 Å². The third-order valence-electron chi connectivity index (χ3n) is 2.42. The van der Waals surface area contributed by atoms with Crippen LogP contribution in [0.15, 0.2) is 30.5 Å². The maximum Gasteiger partial charge on any atom is 0.207 e. The van der Waals surface area contributed by atoms with Gasteiger partial charge in [-0.15, -0.1) is 0 Å². The molecule has 0 saturated heterocycles. The molecule has 17 heavy (non-hydrogen) atoms. The second-order valence-corrected chi connectivity index (χ2v) is 3.90. The highest BCUT2D eigenvalue weighted by molar-refractivity contribution is 5.55. The van der Waals surface area contributed by atoms with Crippen LogP contribution in [0, 0.1) is 6.92 Å². The van der Waals surface area contributed by atoms with E-state index in [4.69, 9.17) is 4.74 Å². The Bertz CT molecular complexity index is 488. The van der Waals surface area contributed by atoms with Gasteiger partial charge in [0.1, 0.15) is 5.75 Å². The lowest BCUT2D eigenvalue weighted by atomic mass is 10.3. The fraction of sp³-hybridized carbons (Fsp3) is 0.308. The average Bonchev–Trinajstić information content (AvgIpc) is 2.61. The Labute approximate surface area is 101 Å². The number of hydrogen-bond donors (Lipinski definition) is 1. The number of aromatic nitrogens is 2. The van der Waals surface area contributed by atoms with Gasteiger partial charge in [0.2, 0.25) is 5.95 Å². The summed E-state index contributed by atoms with van der Waals surface area (Å²) < 4.78 is 7.35. The molecule has 1 aromatic heterocycles. The van der Waals surface area contributed by atoms with Crippen molar-refractivity contribution >= 4 is 11.6 Å². The Hall–Kier alpha value is -1.97. The van der Waals surface area contributed by atoms with Gasteiger partial charge < -0.3 is 14.6 Å². The summed E-state index contributed by atoms with van der Waals surface area (Å²) in [7, 11) is 1.97. The second-order valence-electron chi connectivity index (χ2n) is 3.90. The minimum Gasteiger partial charge on any atom is -0.494 e. The molecule has 0 spiro atoms. The number of ether oxygens (including phenoxy) is 1. The van der Waals surface area contributed by atoms with E-state index in [1.807, 2.05) is 55.9 Å². The van der Waals surface area contributed by atoms with Crippen molar-refractivity contribution in [2.45, 2.75) is 13.8 Å². The first-order chi connectivity index (χ1) is 8.19. The highest BCUT2D eigenvalue weighted by atomic mass is 16.5. The molecule has 1 N–H and O–H groups in total. The van der Waals surface area contributed by atoms with Crippen molar-refractivity contribution in [1.29, 1.82) is 0 Å². The van der Waals surface area contributed by atoms with Gasteiger partial charge in [0.25, 0.3) is 0 Å². The van der Waals surface area contributed by atoms with Crippen molar-refractivity contribution in [3.05, 3.63) is 36.2 Å². The van der Waals surface area contributed by atoms with Crippen LogP contribution in [0.5, 0.6) is 5.75 Å². The van der Waals surface area contributed by atoms with Crippen molar-refractivity contribution in [2.75, 3.05) is 11.9 Å². The standard InChI is InChI=1S/C13H17N3O/c1-4-17-12-7-5-11(6-8-12)15-13-14-10(2)9-16(13)3/h5-9H,4H2,1-3H3,(H,14,15). The van der Waals surface area contributed by atoms with Gasteiger partial charge in [-0.1, -0.05) is 0 Å². The van der Waals surface area contributed by atoms with Gasteiger partial charge in [0.05, 0.1) is 12.3 Å². The first-order valence-electron chi connectivity index (χ1n) is 5.69. The molecule has 2 aromatic rings. The number of benzene rings is 1. The molecule has 2 rings (SSSR count). The summed E-state index contributed by atoms with van der Waals surface area (Å²) >= 11 is 0. The predicted octanol–water partition coefficient (Wildman–Crippen LogP) is 2.87. The van der Waals surface area contributed by atoms with E-state index >= 15 is 0 Å². The molecule has 1 heterocycles. The maximum absolute atomic E-state index is 5.39. The number of rotatable bonds is 4. The zero-order valence-electron chi connectivity index (χ0n) is 10.4. The quantitative estimate of drug-likeness (QED) is 0.879. The molecule has 0 unspecified atom stereocenters. The molecular weight excluding hydrogens is 214 g/mol. The average molecular weight is 231 g/mol. The molecule has 4 nitrogen and oxygen atoms in total. The highest BCUT2D eigenvalue weighted by Gasteiger charge is 2.02. The topological polar surface area (TPSA) is 39.1 Å². The third kappa shape index (κ3) is 2.78. The van der Waals surface area contributed by atoms with E-state index in [9.17, 15) is 0 Å². The molecule has 0 atom stereocenters. The van der Waals surface area contributed by atoms with E-state index < -0.39 is 0 Å². The molecule has 0 aliphatic heterocycles. The maximum atomic E-state index is 5.39. The van der Waals surface area contributed by atoms with Gasteiger partial charge >= 0.3 is 0 Å². The van der Waals surface area contributed by atoms with E-state index in [0.29, 0.717) is 6.61 Å². The van der Waals surface area contributed by atoms with Crippen molar-refractivity contribution in [3.63, 3.8) is 0 Å². The summed E-state index contributed by atoms with van der Waals surface area (Å²) in [5.41, 5.74) is 2.00. The number of nitrogens with one attached hydrogen (secondary N) is 1. The summed E-state index contributed by atoms with van der Waals surface area (Å²) in [6.07, 6.45) is 1.98. The monoisotopic (exact) mass is 231 g/mol. The largest absolute Gasteiger partial charge is 0.494 e. The van der Waals surface area contributed by atoms with Gasteiger partial charge in [-0.05, 0) is 38.1 Å². The molecule has 0 aliphatic carbocycles. The fourth-order valence-electron chi connectivity index (χ4n) is 1.66. The Morgan fingerprint density at radius 3 is 2.53 bits per heavy atom. The predicted molar refractivity (Wildman–Crippen MR) is 68.8 cm³/mol. The Morgan fingerprint density at radius 1 is 1.29 bits per heavy atom. The third-order valence-corrected chi connectivity index (χ3v) is 2.42. The molecule has 0 radical (unpaired) electrons. The van der Waals surface area contributed by atoms with Crippen LogP contribution in [0.4, 0.5) is 11.6 Å². The molecule has 0 fully saturated rings. The lowest BCUT2D eigenvalue weighted by molar-refractivity contribution is 0.340. The number of nitrogens with zero attached hydrogens (tertiary/aromatic N) is 2. The lowest BCUT2D eigenvalue weighted by Gasteiger charge is -2.07. The van der Waals surface area contributed by atoms with Crippen LogP contribution in [0.3, 0.4) is 0 Å². The van der Waals surface area contributed by atoms with E-state index in [2.05, 4.69) is 10.3 Å². The van der Waals surface area contributed by atoms with Crippen LogP contribution < -0.4 is 10.1 Å². The van der Waals surface area contributed by atoms with Crippen molar-refractivity contribution in [1.82, 2.24) is 9.55 Å². The minimum absolute atomic E-state index is 0.686. The SMILES string of the molecule is CCOc1ccc(Nc2nc(C)cn2C)cc1. The van der Waals surface area contributed by atoms with E-state index in [1.165, 1.54) is 0 Å². The number of anilines is 2. The van der Waals surface area contributed by atoms with Gasteiger partial charge in [0.15, 0.2) is 0 Å². The summed E-state index contributed by atoms with van der Waals surface area (Å²) in [6.45, 7) is 4.64. The molecule has 4 heteroatoms. The van der Waals surface area contributed by atoms with Crippen LogP contribution in [0.2, 0.25) is 0 Å². The van der Waals surface area contributed by atoms with Crippen LogP contribution in [-0.4, -0.2) is 16.2 Å². The van der Waals surface area contributed by atoms with Crippen molar-refractivity contribution in [2.24, 2.45) is 7.05 Å². The van der Waals surface area contributed by atoms with Crippen LogP contribution in [-0.2, 0) is 7.05 Å². The first kappa shape index (κ1) is 11.5. The minimum atomic E-state index is 0.686. The second kappa shape index (κ2) is 4.91. The van der Waals surface area contributed by atoms with Gasteiger partial charge in [-0.25, -0.2) is 4.98 Å². The molecule has 0 bridgehead atoms. The number of imidazole rings is 1. The van der Waals surface area contributed by atoms with Crippen LogP contribution >= 0.6 is 0 Å². The zero-order valence-corrected chi connectivity index (χ0v) is 10.4. The van der Waals surface area contributed by atoms with Gasteiger partial charge in [0, 0.05) is 18.9 Å². The van der Waals surface area contributed by atoms with E-state index in [1.54, 1.807) is 0 Å². The molecule has 0 amide bonds. The number of hydrogen-bond acceptors (Lipinski definition) is 3. The van der Waals surface area contributed by atoms with Gasteiger partial charge in [-0.2, -0.15) is 0 Å². The zero-order chi connectivity index (χ0) is 12.3. The molecule has 1 aromatic carbocycles. The smallest absolute Gasteiger partial charge is 0.207 e. The van der Waals surface area contributed by atoms with Crippen LogP contribution in [0.25, 0.3) is 0 Å².